The van der Waals surface area contributed by atoms with E-state index in [9.17, 15) is 13.2 Å². The number of hydrogen-bond acceptors (Lipinski definition) is 5. The molecule has 8 heteroatoms. The molecule has 1 saturated heterocycles. The van der Waals surface area contributed by atoms with Crippen molar-refractivity contribution in [2.75, 3.05) is 32.8 Å². The van der Waals surface area contributed by atoms with E-state index in [1.165, 1.54) is 0 Å². The Hall–Kier alpha value is -3.10. The fraction of sp³-hybridized carbons (Fsp3) is 0.320. The van der Waals surface area contributed by atoms with Crippen molar-refractivity contribution in [3.8, 4) is 11.5 Å². The van der Waals surface area contributed by atoms with Crippen molar-refractivity contribution in [1.82, 2.24) is 9.62 Å². The molecule has 1 amide bonds. The monoisotopic (exact) mass is 468 g/mol. The summed E-state index contributed by atoms with van der Waals surface area (Å²) >= 11 is 0. The Morgan fingerprint density at radius 1 is 0.848 bits per heavy atom. The second kappa shape index (κ2) is 10.7. The minimum absolute atomic E-state index is 0.0819. The third-order valence-corrected chi connectivity index (χ3v) is 7.47. The molecular formula is C25H28N2O5S. The number of nitrogens with zero attached hydrogens (tertiary/aromatic N) is 1. The van der Waals surface area contributed by atoms with Gasteiger partial charge in [0.05, 0.1) is 11.4 Å². The molecule has 3 aromatic carbocycles. The van der Waals surface area contributed by atoms with Crippen LogP contribution in [0.4, 0.5) is 0 Å². The molecule has 0 spiro atoms. The zero-order valence-electron chi connectivity index (χ0n) is 18.4. The first kappa shape index (κ1) is 23.1. The Labute approximate surface area is 194 Å². The van der Waals surface area contributed by atoms with E-state index >= 15 is 0 Å². The Morgan fingerprint density at radius 3 is 2.30 bits per heavy atom. The smallest absolute Gasteiger partial charge is 0.258 e. The number of amides is 1. The van der Waals surface area contributed by atoms with E-state index in [1.54, 1.807) is 28.6 Å². The van der Waals surface area contributed by atoms with Gasteiger partial charge in [-0.25, -0.2) is 8.42 Å². The summed E-state index contributed by atoms with van der Waals surface area (Å²) in [6.07, 6.45) is 2.88. The van der Waals surface area contributed by atoms with E-state index in [0.717, 1.165) is 30.0 Å². The molecule has 0 radical (unpaired) electrons. The topological polar surface area (TPSA) is 84.9 Å². The summed E-state index contributed by atoms with van der Waals surface area (Å²) in [6.45, 7) is 1.64. The predicted octanol–water partition coefficient (Wildman–Crippen LogP) is 3.59. The van der Waals surface area contributed by atoms with Gasteiger partial charge in [0.15, 0.2) is 6.61 Å². The summed E-state index contributed by atoms with van der Waals surface area (Å²) in [5.41, 5.74) is 0. The van der Waals surface area contributed by atoms with Crippen LogP contribution >= 0.6 is 0 Å². The number of carbonyl (C=O) groups is 1. The number of hydrogen-bond donors (Lipinski definition) is 1. The molecule has 0 atom stereocenters. The van der Waals surface area contributed by atoms with Gasteiger partial charge in [0.25, 0.3) is 5.91 Å². The van der Waals surface area contributed by atoms with Crippen LogP contribution in [0, 0.1) is 0 Å². The standard InChI is InChI=1S/C25H28N2O5S/c28-25(19-32-23-9-8-20-6-2-3-7-21(20)18-23)26-14-17-31-22-10-12-24(13-11-22)33(29,30)27-15-4-1-5-16-27/h2-3,6-13,18H,1,4-5,14-17,19H2,(H,26,28). The van der Waals surface area contributed by atoms with Crippen molar-refractivity contribution in [2.45, 2.75) is 24.2 Å². The highest BCUT2D eigenvalue weighted by Crippen LogP contribution is 2.23. The largest absolute Gasteiger partial charge is 0.492 e. The number of fused-ring (bicyclic) bond motifs is 1. The fourth-order valence-corrected chi connectivity index (χ4v) is 5.30. The van der Waals surface area contributed by atoms with Crippen LogP contribution in [0.25, 0.3) is 10.8 Å². The average Bonchev–Trinajstić information content (AvgIpc) is 2.86. The lowest BCUT2D eigenvalue weighted by Gasteiger charge is -2.25. The Bertz CT molecular complexity index is 1190. The molecule has 1 aliphatic heterocycles. The molecule has 0 bridgehead atoms. The van der Waals surface area contributed by atoms with E-state index in [4.69, 9.17) is 9.47 Å². The van der Waals surface area contributed by atoms with Gasteiger partial charge in [0, 0.05) is 13.1 Å². The minimum atomic E-state index is -3.45. The Morgan fingerprint density at radius 2 is 1.55 bits per heavy atom. The average molecular weight is 469 g/mol. The van der Waals surface area contributed by atoms with Crippen LogP contribution in [-0.4, -0.2) is 51.5 Å². The predicted molar refractivity (Wildman–Crippen MR) is 127 cm³/mol. The van der Waals surface area contributed by atoms with Gasteiger partial charge in [0.2, 0.25) is 10.0 Å². The number of rotatable bonds is 9. The molecule has 174 valence electrons. The molecule has 1 heterocycles. The second-order valence-electron chi connectivity index (χ2n) is 7.93. The number of benzene rings is 3. The lowest BCUT2D eigenvalue weighted by atomic mass is 10.1. The molecule has 4 rings (SSSR count). The van der Waals surface area contributed by atoms with Crippen LogP contribution in [0.3, 0.4) is 0 Å². The van der Waals surface area contributed by atoms with E-state index in [2.05, 4.69) is 5.32 Å². The molecule has 0 aromatic heterocycles. The highest BCUT2D eigenvalue weighted by molar-refractivity contribution is 7.89. The molecule has 1 fully saturated rings. The van der Waals surface area contributed by atoms with Gasteiger partial charge in [-0.1, -0.05) is 36.8 Å². The van der Waals surface area contributed by atoms with Crippen molar-refractivity contribution in [3.05, 3.63) is 66.7 Å². The lowest BCUT2D eigenvalue weighted by molar-refractivity contribution is -0.123. The zero-order valence-corrected chi connectivity index (χ0v) is 19.2. The van der Waals surface area contributed by atoms with Crippen LogP contribution in [0.5, 0.6) is 11.5 Å². The van der Waals surface area contributed by atoms with Crippen LogP contribution in [0.15, 0.2) is 71.6 Å². The van der Waals surface area contributed by atoms with Crippen LogP contribution < -0.4 is 14.8 Å². The van der Waals surface area contributed by atoms with Gasteiger partial charge in [-0.2, -0.15) is 4.31 Å². The number of nitrogens with one attached hydrogen (secondary N) is 1. The van der Waals surface area contributed by atoms with Crippen molar-refractivity contribution >= 4 is 26.7 Å². The maximum Gasteiger partial charge on any atom is 0.258 e. The molecular weight excluding hydrogens is 440 g/mol. The maximum absolute atomic E-state index is 12.7. The maximum atomic E-state index is 12.7. The van der Waals surface area contributed by atoms with Crippen molar-refractivity contribution in [3.63, 3.8) is 0 Å². The summed E-state index contributed by atoms with van der Waals surface area (Å²) in [7, 11) is -3.45. The number of sulfonamides is 1. The van der Waals surface area contributed by atoms with Gasteiger partial charge in [0.1, 0.15) is 18.1 Å². The van der Waals surface area contributed by atoms with Crippen LogP contribution in [0.1, 0.15) is 19.3 Å². The first-order chi connectivity index (χ1) is 16.0. The third kappa shape index (κ3) is 6.03. The first-order valence-electron chi connectivity index (χ1n) is 11.1. The molecule has 1 N–H and O–H groups in total. The second-order valence-corrected chi connectivity index (χ2v) is 9.87. The first-order valence-corrected chi connectivity index (χ1v) is 12.6. The summed E-state index contributed by atoms with van der Waals surface area (Å²) in [4.78, 5) is 12.3. The lowest BCUT2D eigenvalue weighted by Crippen LogP contribution is -2.35. The summed E-state index contributed by atoms with van der Waals surface area (Å²) < 4.78 is 38.1. The number of ether oxygens (including phenoxy) is 2. The molecule has 3 aromatic rings. The Kier molecular flexibility index (Phi) is 7.47. The third-order valence-electron chi connectivity index (χ3n) is 5.56. The van der Waals surface area contributed by atoms with Gasteiger partial charge < -0.3 is 14.8 Å². The summed E-state index contributed by atoms with van der Waals surface area (Å²) in [5.74, 6) is 0.948. The van der Waals surface area contributed by atoms with E-state index in [1.807, 2.05) is 42.5 Å². The van der Waals surface area contributed by atoms with E-state index < -0.39 is 10.0 Å². The highest BCUT2D eigenvalue weighted by Gasteiger charge is 2.25. The van der Waals surface area contributed by atoms with Crippen LogP contribution in [-0.2, 0) is 14.8 Å². The van der Waals surface area contributed by atoms with Gasteiger partial charge >= 0.3 is 0 Å². The fourth-order valence-electron chi connectivity index (χ4n) is 3.78. The van der Waals surface area contributed by atoms with E-state index in [0.29, 0.717) is 31.1 Å². The minimum Gasteiger partial charge on any atom is -0.492 e. The van der Waals surface area contributed by atoms with Crippen molar-refractivity contribution in [1.29, 1.82) is 0 Å². The normalized spacial score (nSPS) is 14.7. The molecule has 0 aliphatic carbocycles. The van der Waals surface area contributed by atoms with Gasteiger partial charge in [-0.3, -0.25) is 4.79 Å². The van der Waals surface area contributed by atoms with Gasteiger partial charge in [-0.15, -0.1) is 0 Å². The number of piperidine rings is 1. The molecule has 33 heavy (non-hydrogen) atoms. The van der Waals surface area contributed by atoms with E-state index in [-0.39, 0.29) is 24.0 Å². The van der Waals surface area contributed by atoms with Crippen molar-refractivity contribution < 1.29 is 22.7 Å². The zero-order chi connectivity index (χ0) is 23.1. The SMILES string of the molecule is O=C(COc1ccc2ccccc2c1)NCCOc1ccc(S(=O)(=O)N2CCCCC2)cc1. The van der Waals surface area contributed by atoms with Gasteiger partial charge in [-0.05, 0) is 60.0 Å². The summed E-state index contributed by atoms with van der Waals surface area (Å²) in [5, 5.41) is 4.92. The summed E-state index contributed by atoms with van der Waals surface area (Å²) in [6, 6.07) is 20.1. The number of carbonyl (C=O) groups excluding carboxylic acids is 1. The molecule has 7 nitrogen and oxygen atoms in total. The quantitative estimate of drug-likeness (QED) is 0.485. The molecule has 1 aliphatic rings. The molecule has 0 unspecified atom stereocenters. The highest BCUT2D eigenvalue weighted by atomic mass is 32.2. The molecule has 0 saturated carbocycles. The Balaban J connectivity index is 1.19. The van der Waals surface area contributed by atoms with Crippen LogP contribution in [0.2, 0.25) is 0 Å². The van der Waals surface area contributed by atoms with Crippen molar-refractivity contribution in [2.24, 2.45) is 0 Å².